The van der Waals surface area contributed by atoms with Crippen LogP contribution in [0.1, 0.15) is 26.3 Å². The zero-order valence-electron chi connectivity index (χ0n) is 9.82. The van der Waals surface area contributed by atoms with Gasteiger partial charge in [0.1, 0.15) is 5.78 Å². The topological polar surface area (TPSA) is 26.3 Å². The Balaban J connectivity index is 0.000000336. The first-order chi connectivity index (χ1) is 7.20. The fraction of sp³-hybridized carbons (Fsp3) is 0.462. The molecule has 0 radical (unpaired) electrons. The Morgan fingerprint density at radius 2 is 1.67 bits per heavy atom. The van der Waals surface area contributed by atoms with Crippen molar-refractivity contribution in [2.45, 2.75) is 27.2 Å². The van der Waals surface area contributed by atoms with Gasteiger partial charge in [-0.3, -0.25) is 4.79 Å². The monoisotopic (exact) mass is 208 g/mol. The van der Waals surface area contributed by atoms with Crippen LogP contribution in [0.15, 0.2) is 30.3 Å². The molecular weight excluding hydrogens is 188 g/mol. The highest BCUT2D eigenvalue weighted by atomic mass is 16.5. The van der Waals surface area contributed by atoms with E-state index in [2.05, 4.69) is 0 Å². The summed E-state index contributed by atoms with van der Waals surface area (Å²) in [6, 6.07) is 9.75. The molecule has 2 heteroatoms. The maximum Gasteiger partial charge on any atom is 0.134 e. The lowest BCUT2D eigenvalue weighted by Crippen LogP contribution is -1.94. The molecule has 0 N–H and O–H groups in total. The predicted molar refractivity (Wildman–Crippen MR) is 63.0 cm³/mol. The van der Waals surface area contributed by atoms with Crippen molar-refractivity contribution < 1.29 is 9.53 Å². The zero-order valence-corrected chi connectivity index (χ0v) is 9.82. The van der Waals surface area contributed by atoms with Gasteiger partial charge in [-0.15, -0.1) is 0 Å². The van der Waals surface area contributed by atoms with Crippen LogP contribution in [0.2, 0.25) is 0 Å². The fourth-order valence-electron chi connectivity index (χ4n) is 1.09. The van der Waals surface area contributed by atoms with E-state index in [0.29, 0.717) is 6.42 Å². The molecule has 0 aromatic heterocycles. The summed E-state index contributed by atoms with van der Waals surface area (Å²) in [4.78, 5) is 10.6. The van der Waals surface area contributed by atoms with E-state index in [4.69, 9.17) is 4.74 Å². The lowest BCUT2D eigenvalue weighted by Gasteiger charge is -1.93. The van der Waals surface area contributed by atoms with Crippen LogP contribution in [-0.2, 0) is 16.0 Å². The molecule has 0 aliphatic carbocycles. The summed E-state index contributed by atoms with van der Waals surface area (Å²) >= 11 is 0. The van der Waals surface area contributed by atoms with Crippen LogP contribution in [0.3, 0.4) is 0 Å². The second kappa shape index (κ2) is 9.41. The molecule has 1 aromatic carbocycles. The highest BCUT2D eigenvalue weighted by Crippen LogP contribution is 1.98. The molecule has 1 rings (SSSR count). The summed E-state index contributed by atoms with van der Waals surface area (Å²) in [5.41, 5.74) is 1.09. The van der Waals surface area contributed by atoms with E-state index >= 15 is 0 Å². The van der Waals surface area contributed by atoms with Gasteiger partial charge in [-0.25, -0.2) is 0 Å². The summed E-state index contributed by atoms with van der Waals surface area (Å²) < 4.78 is 4.83. The summed E-state index contributed by atoms with van der Waals surface area (Å²) in [6.45, 7) is 7.27. The number of hydrogen-bond donors (Lipinski definition) is 0. The molecule has 15 heavy (non-hydrogen) atoms. The number of hydrogen-bond acceptors (Lipinski definition) is 2. The van der Waals surface area contributed by atoms with E-state index in [0.717, 1.165) is 18.8 Å². The third-order valence-electron chi connectivity index (χ3n) is 1.70. The van der Waals surface area contributed by atoms with Crippen molar-refractivity contribution in [3.8, 4) is 0 Å². The molecule has 2 nitrogen and oxygen atoms in total. The molecule has 0 saturated carbocycles. The maximum absolute atomic E-state index is 10.6. The van der Waals surface area contributed by atoms with E-state index in [9.17, 15) is 4.79 Å². The third-order valence-corrected chi connectivity index (χ3v) is 1.70. The van der Waals surface area contributed by atoms with Crippen molar-refractivity contribution in [3.05, 3.63) is 35.9 Å². The number of ketones is 1. The van der Waals surface area contributed by atoms with Crippen LogP contribution in [-0.4, -0.2) is 19.0 Å². The SMILES string of the molecule is CC(=O)Cc1ccccc1.CCOCC. The van der Waals surface area contributed by atoms with Gasteiger partial charge in [-0.2, -0.15) is 0 Å². The molecule has 0 fully saturated rings. The highest BCUT2D eigenvalue weighted by Gasteiger charge is 1.93. The first kappa shape index (κ1) is 13.8. The third kappa shape index (κ3) is 9.16. The molecule has 0 saturated heterocycles. The zero-order chi connectivity index (χ0) is 11.5. The maximum atomic E-state index is 10.6. The quantitative estimate of drug-likeness (QED) is 0.760. The van der Waals surface area contributed by atoms with Crippen LogP contribution in [0.4, 0.5) is 0 Å². The summed E-state index contributed by atoms with van der Waals surface area (Å²) in [6.07, 6.45) is 0.556. The molecule has 0 amide bonds. The van der Waals surface area contributed by atoms with E-state index < -0.39 is 0 Å². The van der Waals surface area contributed by atoms with Crippen molar-refractivity contribution in [2.24, 2.45) is 0 Å². The number of ether oxygens (including phenoxy) is 1. The van der Waals surface area contributed by atoms with Crippen LogP contribution >= 0.6 is 0 Å². The largest absolute Gasteiger partial charge is 0.382 e. The standard InChI is InChI=1S/C9H10O.C4H10O/c1-8(10)7-9-5-3-2-4-6-9;1-3-5-4-2/h2-6H,7H2,1H3;3-4H2,1-2H3. The van der Waals surface area contributed by atoms with E-state index in [1.165, 1.54) is 0 Å². The Kier molecular flexibility index (Phi) is 8.69. The van der Waals surface area contributed by atoms with E-state index in [1.807, 2.05) is 44.2 Å². The van der Waals surface area contributed by atoms with Gasteiger partial charge in [-0.05, 0) is 26.3 Å². The van der Waals surface area contributed by atoms with Crippen LogP contribution in [0.5, 0.6) is 0 Å². The fourth-order valence-corrected chi connectivity index (χ4v) is 1.09. The van der Waals surface area contributed by atoms with Crippen molar-refractivity contribution in [1.82, 2.24) is 0 Å². The number of rotatable bonds is 4. The highest BCUT2D eigenvalue weighted by molar-refractivity contribution is 5.78. The average Bonchev–Trinajstić information content (AvgIpc) is 2.20. The molecule has 0 unspecified atom stereocenters. The van der Waals surface area contributed by atoms with Crippen molar-refractivity contribution in [2.75, 3.05) is 13.2 Å². The van der Waals surface area contributed by atoms with E-state index in [1.54, 1.807) is 6.92 Å². The van der Waals surface area contributed by atoms with Crippen LogP contribution in [0.25, 0.3) is 0 Å². The molecule has 0 aliphatic rings. The Morgan fingerprint density at radius 3 is 2.00 bits per heavy atom. The summed E-state index contributed by atoms with van der Waals surface area (Å²) in [5, 5.41) is 0. The molecular formula is C13H20O2. The lowest BCUT2D eigenvalue weighted by atomic mass is 10.1. The van der Waals surface area contributed by atoms with Gasteiger partial charge >= 0.3 is 0 Å². The summed E-state index contributed by atoms with van der Waals surface area (Å²) in [7, 11) is 0. The molecule has 0 atom stereocenters. The second-order valence-electron chi connectivity index (χ2n) is 3.15. The van der Waals surface area contributed by atoms with Crippen molar-refractivity contribution in [3.63, 3.8) is 0 Å². The molecule has 0 aliphatic heterocycles. The average molecular weight is 208 g/mol. The predicted octanol–water partition coefficient (Wildman–Crippen LogP) is 2.86. The Morgan fingerprint density at radius 1 is 1.13 bits per heavy atom. The van der Waals surface area contributed by atoms with Gasteiger partial charge in [0.05, 0.1) is 0 Å². The van der Waals surface area contributed by atoms with Crippen molar-refractivity contribution >= 4 is 5.78 Å². The van der Waals surface area contributed by atoms with Gasteiger partial charge in [0.25, 0.3) is 0 Å². The molecule has 0 bridgehead atoms. The number of benzene rings is 1. The second-order valence-corrected chi connectivity index (χ2v) is 3.15. The minimum Gasteiger partial charge on any atom is -0.382 e. The molecule has 84 valence electrons. The number of Topliss-reactive ketones (excluding diaryl/α,β-unsaturated/α-hetero) is 1. The Hall–Kier alpha value is -1.15. The smallest absolute Gasteiger partial charge is 0.134 e. The molecule has 0 spiro atoms. The first-order valence-electron chi connectivity index (χ1n) is 5.31. The van der Waals surface area contributed by atoms with Gasteiger partial charge in [0.15, 0.2) is 0 Å². The van der Waals surface area contributed by atoms with Gasteiger partial charge in [0.2, 0.25) is 0 Å². The van der Waals surface area contributed by atoms with E-state index in [-0.39, 0.29) is 5.78 Å². The first-order valence-corrected chi connectivity index (χ1v) is 5.31. The number of carbonyl (C=O) groups is 1. The Labute approximate surface area is 92.3 Å². The number of carbonyl (C=O) groups excluding carboxylic acids is 1. The van der Waals surface area contributed by atoms with Crippen LogP contribution in [0, 0.1) is 0 Å². The minimum absolute atomic E-state index is 0.214. The van der Waals surface area contributed by atoms with Crippen molar-refractivity contribution in [1.29, 1.82) is 0 Å². The van der Waals surface area contributed by atoms with Crippen LogP contribution < -0.4 is 0 Å². The minimum atomic E-state index is 0.214. The van der Waals surface area contributed by atoms with Gasteiger partial charge in [-0.1, -0.05) is 30.3 Å². The van der Waals surface area contributed by atoms with Gasteiger partial charge in [0, 0.05) is 19.6 Å². The summed E-state index contributed by atoms with van der Waals surface area (Å²) in [5.74, 6) is 0.214. The lowest BCUT2D eigenvalue weighted by molar-refractivity contribution is -0.116. The normalized spacial score (nSPS) is 9.00. The molecule has 1 aromatic rings. The Bertz CT molecular complexity index is 252. The van der Waals surface area contributed by atoms with Gasteiger partial charge < -0.3 is 4.74 Å². The molecule has 0 heterocycles.